The highest BCUT2D eigenvalue weighted by atomic mass is 16.3. The highest BCUT2D eigenvalue weighted by molar-refractivity contribution is 5.95. The van der Waals surface area contributed by atoms with Gasteiger partial charge in [0.2, 0.25) is 0 Å². The fourth-order valence-corrected chi connectivity index (χ4v) is 2.39. The summed E-state index contributed by atoms with van der Waals surface area (Å²) in [5.41, 5.74) is 2.99. The Morgan fingerprint density at radius 2 is 2.24 bits per heavy atom. The molecule has 0 unspecified atom stereocenters. The van der Waals surface area contributed by atoms with Gasteiger partial charge in [0.05, 0.1) is 0 Å². The molecular weight excluding hydrogens is 214 g/mol. The molecule has 1 N–H and O–H groups in total. The summed E-state index contributed by atoms with van der Waals surface area (Å²) >= 11 is 0. The van der Waals surface area contributed by atoms with Crippen molar-refractivity contribution in [3.05, 3.63) is 34.9 Å². The molecule has 0 aromatic heterocycles. The van der Waals surface area contributed by atoms with Crippen LogP contribution in [0.15, 0.2) is 18.2 Å². The van der Waals surface area contributed by atoms with E-state index < -0.39 is 0 Å². The number of benzene rings is 1. The van der Waals surface area contributed by atoms with Gasteiger partial charge in [-0.3, -0.25) is 4.79 Å². The molecule has 1 aliphatic heterocycles. The number of hydrogen-bond acceptors (Lipinski definition) is 2. The van der Waals surface area contributed by atoms with Gasteiger partial charge < -0.3 is 10.0 Å². The molecule has 1 aromatic carbocycles. The summed E-state index contributed by atoms with van der Waals surface area (Å²) in [5, 5.41) is 9.09. The second-order valence-electron chi connectivity index (χ2n) is 4.91. The van der Waals surface area contributed by atoms with Gasteiger partial charge in [0.15, 0.2) is 0 Å². The number of amides is 1. The molecule has 1 saturated heterocycles. The minimum absolute atomic E-state index is 0.0958. The highest BCUT2D eigenvalue weighted by Gasteiger charge is 2.26. The highest BCUT2D eigenvalue weighted by Crippen LogP contribution is 2.20. The fraction of sp³-hybridized carbons (Fsp3) is 0.500. The molecule has 0 radical (unpaired) electrons. The Hall–Kier alpha value is -1.35. The average Bonchev–Trinajstić information content (AvgIpc) is 2.76. The van der Waals surface area contributed by atoms with Crippen molar-refractivity contribution in [2.24, 2.45) is 5.92 Å². The van der Waals surface area contributed by atoms with E-state index in [0.29, 0.717) is 6.54 Å². The Morgan fingerprint density at radius 3 is 2.82 bits per heavy atom. The first kappa shape index (κ1) is 12.1. The third-order valence-electron chi connectivity index (χ3n) is 3.44. The van der Waals surface area contributed by atoms with Crippen molar-refractivity contribution in [3.63, 3.8) is 0 Å². The normalized spacial score (nSPS) is 19.7. The van der Waals surface area contributed by atoms with Crippen LogP contribution in [0, 0.1) is 19.8 Å². The number of aliphatic hydroxyl groups is 1. The lowest BCUT2D eigenvalue weighted by Crippen LogP contribution is -2.29. The van der Waals surface area contributed by atoms with Crippen LogP contribution in [0.3, 0.4) is 0 Å². The first-order chi connectivity index (χ1) is 8.11. The van der Waals surface area contributed by atoms with E-state index in [1.54, 1.807) is 0 Å². The van der Waals surface area contributed by atoms with Crippen molar-refractivity contribution in [1.29, 1.82) is 0 Å². The molecule has 17 heavy (non-hydrogen) atoms. The molecule has 1 heterocycles. The summed E-state index contributed by atoms with van der Waals surface area (Å²) in [6.07, 6.45) is 0.910. The summed E-state index contributed by atoms with van der Waals surface area (Å²) in [5.74, 6) is 0.350. The second kappa shape index (κ2) is 4.88. The molecule has 1 atom stereocenters. The molecule has 0 aliphatic carbocycles. The molecule has 3 nitrogen and oxygen atoms in total. The molecule has 3 heteroatoms. The Bertz CT molecular complexity index is 428. The predicted molar refractivity (Wildman–Crippen MR) is 67.0 cm³/mol. The number of rotatable bonds is 2. The number of hydrogen-bond donors (Lipinski definition) is 1. The van der Waals surface area contributed by atoms with Crippen LogP contribution >= 0.6 is 0 Å². The van der Waals surface area contributed by atoms with Crippen LogP contribution < -0.4 is 0 Å². The molecule has 1 aliphatic rings. The van der Waals surface area contributed by atoms with Crippen molar-refractivity contribution in [1.82, 2.24) is 4.90 Å². The van der Waals surface area contributed by atoms with E-state index in [0.717, 1.165) is 24.1 Å². The SMILES string of the molecule is Cc1ccc(C(=O)N2CC[C@@H](CO)C2)c(C)c1. The molecule has 2 rings (SSSR count). The Labute approximate surface area is 102 Å². The largest absolute Gasteiger partial charge is 0.396 e. The minimum Gasteiger partial charge on any atom is -0.396 e. The summed E-state index contributed by atoms with van der Waals surface area (Å²) in [6, 6.07) is 5.91. The van der Waals surface area contributed by atoms with Gasteiger partial charge >= 0.3 is 0 Å². The molecule has 1 aromatic rings. The quantitative estimate of drug-likeness (QED) is 0.845. The summed E-state index contributed by atoms with van der Waals surface area (Å²) in [6.45, 7) is 5.62. The van der Waals surface area contributed by atoms with Crippen molar-refractivity contribution < 1.29 is 9.90 Å². The van der Waals surface area contributed by atoms with E-state index in [1.165, 1.54) is 5.56 Å². The van der Waals surface area contributed by atoms with E-state index >= 15 is 0 Å². The van der Waals surface area contributed by atoms with Crippen molar-refractivity contribution in [2.75, 3.05) is 19.7 Å². The van der Waals surface area contributed by atoms with Gasteiger partial charge in [-0.05, 0) is 31.9 Å². The molecule has 1 amide bonds. The van der Waals surface area contributed by atoms with Gasteiger partial charge in [-0.1, -0.05) is 17.7 Å². The van der Waals surface area contributed by atoms with Crippen LogP contribution in [0.1, 0.15) is 27.9 Å². The van der Waals surface area contributed by atoms with Crippen LogP contribution in [-0.4, -0.2) is 35.6 Å². The van der Waals surface area contributed by atoms with E-state index in [1.807, 2.05) is 36.9 Å². The summed E-state index contributed by atoms with van der Waals surface area (Å²) < 4.78 is 0. The van der Waals surface area contributed by atoms with Gasteiger partial charge in [-0.25, -0.2) is 0 Å². The van der Waals surface area contributed by atoms with Gasteiger partial charge in [0, 0.05) is 31.2 Å². The average molecular weight is 233 g/mol. The molecule has 1 fully saturated rings. The van der Waals surface area contributed by atoms with E-state index in [4.69, 9.17) is 5.11 Å². The smallest absolute Gasteiger partial charge is 0.254 e. The standard InChI is InChI=1S/C14H19NO2/c1-10-3-4-13(11(2)7-10)14(17)15-6-5-12(8-15)9-16/h3-4,7,12,16H,5-6,8-9H2,1-2H3/t12-/m1/s1. The van der Waals surface area contributed by atoms with Crippen LogP contribution in [-0.2, 0) is 0 Å². The number of nitrogens with zero attached hydrogens (tertiary/aromatic N) is 1. The number of aliphatic hydroxyl groups excluding tert-OH is 1. The third kappa shape index (κ3) is 2.50. The van der Waals surface area contributed by atoms with Crippen molar-refractivity contribution >= 4 is 5.91 Å². The molecule has 0 saturated carbocycles. The number of likely N-dealkylation sites (tertiary alicyclic amines) is 1. The fourth-order valence-electron chi connectivity index (χ4n) is 2.39. The topological polar surface area (TPSA) is 40.5 Å². The number of carbonyl (C=O) groups is 1. The maximum Gasteiger partial charge on any atom is 0.254 e. The number of aryl methyl sites for hydroxylation is 2. The summed E-state index contributed by atoms with van der Waals surface area (Å²) in [7, 11) is 0. The van der Waals surface area contributed by atoms with Crippen LogP contribution in [0.2, 0.25) is 0 Å². The van der Waals surface area contributed by atoms with Gasteiger partial charge in [0.25, 0.3) is 5.91 Å². The third-order valence-corrected chi connectivity index (χ3v) is 3.44. The lowest BCUT2D eigenvalue weighted by atomic mass is 10.0. The lowest BCUT2D eigenvalue weighted by molar-refractivity contribution is 0.0781. The molecule has 0 spiro atoms. The minimum atomic E-state index is 0.0958. The maximum atomic E-state index is 12.3. The summed E-state index contributed by atoms with van der Waals surface area (Å²) in [4.78, 5) is 14.1. The zero-order valence-corrected chi connectivity index (χ0v) is 10.4. The Kier molecular flexibility index (Phi) is 3.48. The van der Waals surface area contributed by atoms with Crippen molar-refractivity contribution in [2.45, 2.75) is 20.3 Å². The Balaban J connectivity index is 2.15. The van der Waals surface area contributed by atoms with E-state index in [2.05, 4.69) is 0 Å². The van der Waals surface area contributed by atoms with Gasteiger partial charge in [0.1, 0.15) is 0 Å². The first-order valence-corrected chi connectivity index (χ1v) is 6.09. The zero-order valence-electron chi connectivity index (χ0n) is 10.4. The van der Waals surface area contributed by atoms with Gasteiger partial charge in [-0.2, -0.15) is 0 Å². The molecule has 0 bridgehead atoms. The van der Waals surface area contributed by atoms with Crippen LogP contribution in [0.25, 0.3) is 0 Å². The first-order valence-electron chi connectivity index (χ1n) is 6.09. The van der Waals surface area contributed by atoms with Gasteiger partial charge in [-0.15, -0.1) is 0 Å². The molecular formula is C14H19NO2. The van der Waals surface area contributed by atoms with E-state index in [9.17, 15) is 4.79 Å². The van der Waals surface area contributed by atoms with Crippen LogP contribution in [0.4, 0.5) is 0 Å². The second-order valence-corrected chi connectivity index (χ2v) is 4.91. The maximum absolute atomic E-state index is 12.3. The predicted octanol–water partition coefficient (Wildman–Crippen LogP) is 1.76. The number of carbonyl (C=O) groups excluding carboxylic acids is 1. The Morgan fingerprint density at radius 1 is 1.47 bits per heavy atom. The lowest BCUT2D eigenvalue weighted by Gasteiger charge is -2.17. The monoisotopic (exact) mass is 233 g/mol. The molecule has 92 valence electrons. The van der Waals surface area contributed by atoms with Crippen molar-refractivity contribution in [3.8, 4) is 0 Å². The van der Waals surface area contributed by atoms with Crippen LogP contribution in [0.5, 0.6) is 0 Å². The zero-order chi connectivity index (χ0) is 12.4. The van der Waals surface area contributed by atoms with E-state index in [-0.39, 0.29) is 18.4 Å².